The molecule has 3 rings (SSSR count). The first-order valence-electron chi connectivity index (χ1n) is 6.20. The Hall–Kier alpha value is -2.20. The first-order valence-corrected chi connectivity index (χ1v) is 6.20. The molecule has 2 aromatic heterocycles. The van der Waals surface area contributed by atoms with Gasteiger partial charge in [0.1, 0.15) is 17.7 Å². The first kappa shape index (κ1) is 11.9. The molecule has 4 nitrogen and oxygen atoms in total. The van der Waals surface area contributed by atoms with E-state index in [1.807, 2.05) is 13.1 Å². The largest absolute Gasteiger partial charge is 0.459 e. The molecule has 4 heteroatoms. The Balaban J connectivity index is 2.07. The number of benzene rings is 1. The first-order chi connectivity index (χ1) is 9.28. The van der Waals surface area contributed by atoms with Gasteiger partial charge in [-0.25, -0.2) is 9.97 Å². The highest BCUT2D eigenvalue weighted by molar-refractivity contribution is 5.78. The molecule has 0 amide bonds. The lowest BCUT2D eigenvalue weighted by Gasteiger charge is -2.12. The standard InChI is InChI=1S/C15H15N3O/c1-10-3-4-13-11(5-10)6-14(19-13)15(16-2)12-7-17-9-18-8-12/h3-9,15-16H,1-2H3. The van der Waals surface area contributed by atoms with Crippen molar-refractivity contribution in [1.29, 1.82) is 0 Å². The van der Waals surface area contributed by atoms with Crippen LogP contribution in [0.4, 0.5) is 0 Å². The molecule has 0 saturated heterocycles. The van der Waals surface area contributed by atoms with Gasteiger partial charge in [-0.1, -0.05) is 11.6 Å². The molecule has 0 saturated carbocycles. The Labute approximate surface area is 111 Å². The van der Waals surface area contributed by atoms with Crippen LogP contribution in [0.2, 0.25) is 0 Å². The molecule has 1 unspecified atom stereocenters. The topological polar surface area (TPSA) is 51.0 Å². The summed E-state index contributed by atoms with van der Waals surface area (Å²) in [7, 11) is 1.90. The van der Waals surface area contributed by atoms with Crippen LogP contribution in [0.25, 0.3) is 11.0 Å². The number of nitrogens with zero attached hydrogens (tertiary/aromatic N) is 2. The summed E-state index contributed by atoms with van der Waals surface area (Å²) >= 11 is 0. The number of aromatic nitrogens is 2. The molecule has 0 aliphatic rings. The van der Waals surface area contributed by atoms with Crippen molar-refractivity contribution in [2.75, 3.05) is 7.05 Å². The molecule has 19 heavy (non-hydrogen) atoms. The van der Waals surface area contributed by atoms with Gasteiger partial charge in [0.25, 0.3) is 0 Å². The third-order valence-corrected chi connectivity index (χ3v) is 3.18. The predicted octanol–water partition coefficient (Wildman–Crippen LogP) is 2.84. The van der Waals surface area contributed by atoms with Crippen LogP contribution < -0.4 is 5.32 Å². The van der Waals surface area contributed by atoms with Crippen LogP contribution in [0.5, 0.6) is 0 Å². The van der Waals surface area contributed by atoms with E-state index in [-0.39, 0.29) is 6.04 Å². The summed E-state index contributed by atoms with van der Waals surface area (Å²) in [6.07, 6.45) is 5.12. The van der Waals surface area contributed by atoms with Crippen molar-refractivity contribution in [2.45, 2.75) is 13.0 Å². The van der Waals surface area contributed by atoms with Gasteiger partial charge in [-0.2, -0.15) is 0 Å². The van der Waals surface area contributed by atoms with Gasteiger partial charge >= 0.3 is 0 Å². The van der Waals surface area contributed by atoms with Crippen LogP contribution in [0.3, 0.4) is 0 Å². The molecular formula is C15H15N3O. The molecule has 0 fully saturated rings. The van der Waals surface area contributed by atoms with E-state index in [0.717, 1.165) is 22.3 Å². The zero-order valence-corrected chi connectivity index (χ0v) is 10.9. The molecule has 0 radical (unpaired) electrons. The molecule has 0 aliphatic heterocycles. The van der Waals surface area contributed by atoms with Crippen molar-refractivity contribution in [3.05, 3.63) is 59.9 Å². The average Bonchev–Trinajstić information content (AvgIpc) is 2.83. The molecule has 1 aromatic carbocycles. The van der Waals surface area contributed by atoms with Crippen LogP contribution in [-0.4, -0.2) is 17.0 Å². The fourth-order valence-electron chi connectivity index (χ4n) is 2.26. The predicted molar refractivity (Wildman–Crippen MR) is 73.9 cm³/mol. The lowest BCUT2D eigenvalue weighted by atomic mass is 10.1. The molecule has 0 bridgehead atoms. The van der Waals surface area contributed by atoms with E-state index in [1.54, 1.807) is 12.4 Å². The SMILES string of the molecule is CNC(c1cncnc1)c1cc2cc(C)ccc2o1. The van der Waals surface area contributed by atoms with Crippen LogP contribution in [0.1, 0.15) is 22.9 Å². The van der Waals surface area contributed by atoms with Gasteiger partial charge < -0.3 is 9.73 Å². The Morgan fingerprint density at radius 3 is 2.68 bits per heavy atom. The van der Waals surface area contributed by atoms with Gasteiger partial charge in [0.15, 0.2) is 0 Å². The van der Waals surface area contributed by atoms with Crippen molar-refractivity contribution >= 4 is 11.0 Å². The Morgan fingerprint density at radius 2 is 1.95 bits per heavy atom. The van der Waals surface area contributed by atoms with E-state index in [9.17, 15) is 0 Å². The lowest BCUT2D eigenvalue weighted by Crippen LogP contribution is -2.17. The normalized spacial score (nSPS) is 12.7. The molecule has 0 spiro atoms. The van der Waals surface area contributed by atoms with E-state index in [1.165, 1.54) is 11.9 Å². The summed E-state index contributed by atoms with van der Waals surface area (Å²) in [4.78, 5) is 8.11. The molecule has 3 aromatic rings. The minimum atomic E-state index is -0.0334. The Bertz CT molecular complexity index is 691. The fraction of sp³-hybridized carbons (Fsp3) is 0.200. The van der Waals surface area contributed by atoms with E-state index in [0.29, 0.717) is 0 Å². The number of fused-ring (bicyclic) bond motifs is 1. The van der Waals surface area contributed by atoms with Crippen LogP contribution in [0.15, 0.2) is 47.4 Å². The monoisotopic (exact) mass is 253 g/mol. The number of hydrogen-bond acceptors (Lipinski definition) is 4. The number of hydrogen-bond donors (Lipinski definition) is 1. The Kier molecular flexibility index (Phi) is 3.01. The fourth-order valence-corrected chi connectivity index (χ4v) is 2.26. The van der Waals surface area contributed by atoms with Gasteiger partial charge in [-0.05, 0) is 32.2 Å². The molecule has 1 atom stereocenters. The molecular weight excluding hydrogens is 238 g/mol. The van der Waals surface area contributed by atoms with Crippen molar-refractivity contribution in [1.82, 2.24) is 15.3 Å². The number of furan rings is 1. The van der Waals surface area contributed by atoms with Crippen molar-refractivity contribution < 1.29 is 4.42 Å². The highest BCUT2D eigenvalue weighted by atomic mass is 16.3. The number of nitrogens with one attached hydrogen (secondary N) is 1. The van der Waals surface area contributed by atoms with Crippen molar-refractivity contribution in [3.8, 4) is 0 Å². The second kappa shape index (κ2) is 4.82. The zero-order chi connectivity index (χ0) is 13.2. The highest BCUT2D eigenvalue weighted by Crippen LogP contribution is 2.27. The van der Waals surface area contributed by atoms with E-state index in [4.69, 9.17) is 4.42 Å². The minimum Gasteiger partial charge on any atom is -0.459 e. The van der Waals surface area contributed by atoms with Crippen molar-refractivity contribution in [2.24, 2.45) is 0 Å². The minimum absolute atomic E-state index is 0.0334. The summed E-state index contributed by atoms with van der Waals surface area (Å²) in [6.45, 7) is 2.08. The van der Waals surface area contributed by atoms with Gasteiger partial charge in [0.05, 0.1) is 6.04 Å². The number of aryl methyl sites for hydroxylation is 1. The summed E-state index contributed by atoms with van der Waals surface area (Å²) in [5.41, 5.74) is 3.11. The maximum atomic E-state index is 5.91. The third kappa shape index (κ3) is 2.22. The van der Waals surface area contributed by atoms with Gasteiger partial charge in [-0.3, -0.25) is 0 Å². The smallest absolute Gasteiger partial charge is 0.134 e. The van der Waals surface area contributed by atoms with Gasteiger partial charge in [0.2, 0.25) is 0 Å². The summed E-state index contributed by atoms with van der Waals surface area (Å²) in [5.74, 6) is 0.873. The highest BCUT2D eigenvalue weighted by Gasteiger charge is 2.17. The lowest BCUT2D eigenvalue weighted by molar-refractivity contribution is 0.490. The summed E-state index contributed by atoms with van der Waals surface area (Å²) in [6, 6.07) is 8.21. The van der Waals surface area contributed by atoms with Crippen LogP contribution in [-0.2, 0) is 0 Å². The quantitative estimate of drug-likeness (QED) is 0.779. The second-order valence-electron chi connectivity index (χ2n) is 4.58. The van der Waals surface area contributed by atoms with E-state index in [2.05, 4.69) is 40.4 Å². The summed E-state index contributed by atoms with van der Waals surface area (Å²) < 4.78 is 5.91. The van der Waals surface area contributed by atoms with Crippen LogP contribution >= 0.6 is 0 Å². The molecule has 2 heterocycles. The average molecular weight is 253 g/mol. The Morgan fingerprint density at radius 1 is 1.16 bits per heavy atom. The summed E-state index contributed by atoms with van der Waals surface area (Å²) in [5, 5.41) is 4.35. The van der Waals surface area contributed by atoms with E-state index >= 15 is 0 Å². The number of rotatable bonds is 3. The second-order valence-corrected chi connectivity index (χ2v) is 4.58. The molecule has 0 aliphatic carbocycles. The van der Waals surface area contributed by atoms with Gasteiger partial charge in [-0.15, -0.1) is 0 Å². The third-order valence-electron chi connectivity index (χ3n) is 3.18. The van der Waals surface area contributed by atoms with Crippen molar-refractivity contribution in [3.63, 3.8) is 0 Å². The van der Waals surface area contributed by atoms with Crippen LogP contribution in [0, 0.1) is 6.92 Å². The molecule has 96 valence electrons. The zero-order valence-electron chi connectivity index (χ0n) is 10.9. The van der Waals surface area contributed by atoms with E-state index < -0.39 is 0 Å². The molecule has 1 N–H and O–H groups in total. The maximum absolute atomic E-state index is 5.91. The van der Waals surface area contributed by atoms with Gasteiger partial charge in [0, 0.05) is 23.3 Å². The maximum Gasteiger partial charge on any atom is 0.134 e.